The van der Waals surface area contributed by atoms with E-state index in [4.69, 9.17) is 11.5 Å². The first-order valence-corrected chi connectivity index (χ1v) is 6.83. The number of nitrogens with two attached hydrogens (primary N) is 2. The monoisotopic (exact) mass is 290 g/mol. The van der Waals surface area contributed by atoms with Crippen molar-refractivity contribution < 1.29 is 14.7 Å². The van der Waals surface area contributed by atoms with Crippen molar-refractivity contribution in [2.45, 2.75) is 39.5 Å². The highest BCUT2D eigenvalue weighted by Gasteiger charge is 2.17. The van der Waals surface area contributed by atoms with Crippen molar-refractivity contribution in [2.75, 3.05) is 0 Å². The predicted molar refractivity (Wildman–Crippen MR) is 82.7 cm³/mol. The summed E-state index contributed by atoms with van der Waals surface area (Å²) < 4.78 is 0. The fourth-order valence-corrected chi connectivity index (χ4v) is 2.10. The molecule has 5 nitrogen and oxygen atoms in total. The number of hydrogen-bond donors (Lipinski definition) is 3. The van der Waals surface area contributed by atoms with Crippen LogP contribution in [-0.4, -0.2) is 16.9 Å². The smallest absolute Gasteiger partial charge is 0.254 e. The average Bonchev–Trinajstić information content (AvgIpc) is 2.35. The zero-order valence-corrected chi connectivity index (χ0v) is 12.8. The van der Waals surface area contributed by atoms with E-state index in [0.717, 1.165) is 11.1 Å². The molecule has 21 heavy (non-hydrogen) atoms. The van der Waals surface area contributed by atoms with Gasteiger partial charge in [0.15, 0.2) is 0 Å². The largest absolute Gasteiger partial charge is 0.507 e. The first-order valence-electron chi connectivity index (χ1n) is 6.83. The number of benzene rings is 1. The Balaban J connectivity index is 3.54. The van der Waals surface area contributed by atoms with Crippen LogP contribution in [-0.2, 0) is 9.59 Å². The molecule has 0 unspecified atom stereocenters. The molecule has 5 heteroatoms. The lowest BCUT2D eigenvalue weighted by Crippen LogP contribution is -2.25. The third kappa shape index (κ3) is 3.84. The number of phenolic OH excluding ortho intramolecular Hbond substituents is 1. The maximum Gasteiger partial charge on any atom is 0.254 e. The quantitative estimate of drug-likeness (QED) is 0.438. The number of aromatic hydroxyl groups is 1. The molecule has 1 rings (SSSR count). The second-order valence-electron chi connectivity index (χ2n) is 5.64. The van der Waals surface area contributed by atoms with Crippen LogP contribution >= 0.6 is 0 Å². The molecule has 5 N–H and O–H groups in total. The van der Waals surface area contributed by atoms with Crippen molar-refractivity contribution in [1.82, 2.24) is 0 Å². The first-order chi connectivity index (χ1) is 9.65. The Morgan fingerprint density at radius 2 is 1.38 bits per heavy atom. The van der Waals surface area contributed by atoms with Crippen molar-refractivity contribution in [3.8, 4) is 5.75 Å². The van der Waals surface area contributed by atoms with E-state index in [-0.39, 0.29) is 23.2 Å². The number of rotatable bonds is 5. The molecule has 114 valence electrons. The standard InChI is InChI=1S/C16H22N2O3/c1-8(2)11-5-10(6-12(9(3)4)14(11)19)7-13(15(17)20)16(18)21/h5-9,19H,1-4H3,(H2,17,20)(H2,18,21). The molecule has 1 aromatic carbocycles. The summed E-state index contributed by atoms with van der Waals surface area (Å²) in [6.07, 6.45) is 1.36. The summed E-state index contributed by atoms with van der Waals surface area (Å²) in [5.74, 6) is -1.29. The molecule has 0 saturated heterocycles. The van der Waals surface area contributed by atoms with Gasteiger partial charge in [0.2, 0.25) is 0 Å². The Labute approximate surface area is 124 Å². The van der Waals surface area contributed by atoms with E-state index in [1.54, 1.807) is 12.1 Å². The van der Waals surface area contributed by atoms with Gasteiger partial charge in [-0.3, -0.25) is 9.59 Å². The second kappa shape index (κ2) is 6.43. The molecular weight excluding hydrogens is 268 g/mol. The van der Waals surface area contributed by atoms with Gasteiger partial charge >= 0.3 is 0 Å². The lowest BCUT2D eigenvalue weighted by atomic mass is 9.91. The van der Waals surface area contributed by atoms with E-state index in [9.17, 15) is 14.7 Å². The second-order valence-corrected chi connectivity index (χ2v) is 5.64. The summed E-state index contributed by atoms with van der Waals surface area (Å²) >= 11 is 0. The molecule has 1 aromatic rings. The molecule has 0 radical (unpaired) electrons. The molecule has 0 aliphatic rings. The van der Waals surface area contributed by atoms with Crippen LogP contribution in [0.5, 0.6) is 5.75 Å². The Bertz CT molecular complexity index is 557. The van der Waals surface area contributed by atoms with Crippen LogP contribution in [0.2, 0.25) is 0 Å². The van der Waals surface area contributed by atoms with E-state index < -0.39 is 11.8 Å². The summed E-state index contributed by atoms with van der Waals surface area (Å²) in [4.78, 5) is 22.5. The summed E-state index contributed by atoms with van der Waals surface area (Å²) in [6.45, 7) is 7.82. The predicted octanol–water partition coefficient (Wildman–Crippen LogP) is 1.99. The molecule has 0 aliphatic heterocycles. The van der Waals surface area contributed by atoms with E-state index in [1.807, 2.05) is 27.7 Å². The number of phenols is 1. The van der Waals surface area contributed by atoms with Crippen molar-refractivity contribution in [3.63, 3.8) is 0 Å². The zero-order valence-electron chi connectivity index (χ0n) is 12.8. The van der Waals surface area contributed by atoms with Crippen molar-refractivity contribution >= 4 is 17.9 Å². The maximum absolute atomic E-state index is 11.3. The maximum atomic E-state index is 11.3. The Hall–Kier alpha value is -2.30. The molecule has 0 aliphatic carbocycles. The fraction of sp³-hybridized carbons (Fsp3) is 0.375. The minimum Gasteiger partial charge on any atom is -0.507 e. The van der Waals surface area contributed by atoms with E-state index in [1.165, 1.54) is 6.08 Å². The molecule has 0 fully saturated rings. The minimum absolute atomic E-state index is 0.0986. The zero-order chi connectivity index (χ0) is 16.3. The molecule has 0 bridgehead atoms. The first kappa shape index (κ1) is 16.8. The van der Waals surface area contributed by atoms with Crippen molar-refractivity contribution in [1.29, 1.82) is 0 Å². The number of amides is 2. The Kier molecular flexibility index (Phi) is 5.13. The molecule has 2 amide bonds. The summed E-state index contributed by atoms with van der Waals surface area (Å²) in [7, 11) is 0. The van der Waals surface area contributed by atoms with Gasteiger partial charge in [-0.1, -0.05) is 27.7 Å². The van der Waals surface area contributed by atoms with Crippen LogP contribution < -0.4 is 11.5 Å². The summed E-state index contributed by atoms with van der Waals surface area (Å²) in [5.41, 5.74) is 12.2. The molecule has 0 aromatic heterocycles. The molecule has 0 atom stereocenters. The number of primary amides is 2. The summed E-state index contributed by atoms with van der Waals surface area (Å²) in [6, 6.07) is 3.47. The van der Waals surface area contributed by atoms with E-state index in [2.05, 4.69) is 0 Å². The van der Waals surface area contributed by atoms with Gasteiger partial charge in [0, 0.05) is 0 Å². The number of hydrogen-bond acceptors (Lipinski definition) is 3. The van der Waals surface area contributed by atoms with Crippen molar-refractivity contribution in [3.05, 3.63) is 34.4 Å². The van der Waals surface area contributed by atoms with Crippen LogP contribution in [0.3, 0.4) is 0 Å². The van der Waals surface area contributed by atoms with Crippen LogP contribution in [0.1, 0.15) is 56.2 Å². The Morgan fingerprint density at radius 3 is 1.67 bits per heavy atom. The number of carbonyl (C=O) groups is 2. The van der Waals surface area contributed by atoms with Crippen LogP contribution in [0, 0.1) is 0 Å². The van der Waals surface area contributed by atoms with Gasteiger partial charge in [-0.2, -0.15) is 0 Å². The molecule has 0 saturated carbocycles. The lowest BCUT2D eigenvalue weighted by Gasteiger charge is -2.16. The highest BCUT2D eigenvalue weighted by atomic mass is 16.3. The van der Waals surface area contributed by atoms with Gasteiger partial charge in [-0.05, 0) is 46.7 Å². The van der Waals surface area contributed by atoms with Gasteiger partial charge in [0.25, 0.3) is 11.8 Å². The summed E-state index contributed by atoms with van der Waals surface area (Å²) in [5, 5.41) is 10.3. The third-order valence-corrected chi connectivity index (χ3v) is 3.28. The van der Waals surface area contributed by atoms with Gasteiger partial charge < -0.3 is 16.6 Å². The highest BCUT2D eigenvalue weighted by Crippen LogP contribution is 2.35. The van der Waals surface area contributed by atoms with Gasteiger partial charge in [-0.25, -0.2) is 0 Å². The topological polar surface area (TPSA) is 106 Å². The van der Waals surface area contributed by atoms with E-state index >= 15 is 0 Å². The molecular formula is C16H22N2O3. The third-order valence-electron chi connectivity index (χ3n) is 3.28. The average molecular weight is 290 g/mol. The van der Waals surface area contributed by atoms with Crippen molar-refractivity contribution in [2.24, 2.45) is 11.5 Å². The lowest BCUT2D eigenvalue weighted by molar-refractivity contribution is -0.120. The minimum atomic E-state index is -0.868. The normalized spacial score (nSPS) is 10.8. The SMILES string of the molecule is CC(C)c1cc(C=C(C(N)=O)C(N)=O)cc(C(C)C)c1O. The Morgan fingerprint density at radius 1 is 1.00 bits per heavy atom. The molecule has 0 spiro atoms. The number of carbonyl (C=O) groups excluding carboxylic acids is 2. The van der Waals surface area contributed by atoms with Crippen LogP contribution in [0.4, 0.5) is 0 Å². The molecule has 0 heterocycles. The van der Waals surface area contributed by atoms with Crippen LogP contribution in [0.25, 0.3) is 6.08 Å². The van der Waals surface area contributed by atoms with Gasteiger partial charge in [0.1, 0.15) is 11.3 Å². The van der Waals surface area contributed by atoms with Gasteiger partial charge in [-0.15, -0.1) is 0 Å². The van der Waals surface area contributed by atoms with Crippen LogP contribution in [0.15, 0.2) is 17.7 Å². The van der Waals surface area contributed by atoms with Gasteiger partial charge in [0.05, 0.1) is 0 Å². The fourth-order valence-electron chi connectivity index (χ4n) is 2.10. The highest BCUT2D eigenvalue weighted by molar-refractivity contribution is 6.20. The van der Waals surface area contributed by atoms with E-state index in [0.29, 0.717) is 5.56 Å².